The maximum Gasteiger partial charge on any atom is 0.0671 e. The highest BCUT2D eigenvalue weighted by atomic mass is 35.5. The highest BCUT2D eigenvalue weighted by molar-refractivity contribution is 6.33. The molecule has 0 amide bonds. The standard InChI is InChI=1S/C26H28Cl2N2O/c1-19-8-13-25(24(28)14-19)30-16-23(18-31-2)29(15-20-6-4-3-5-7-20)17-26(30)21-9-11-22(27)12-10-21/h3-14,23,26H,15-18H2,1-2H3/t23-,26-/m1/s1. The summed E-state index contributed by atoms with van der Waals surface area (Å²) in [6.07, 6.45) is 0. The normalized spacial score (nSPS) is 19.5. The molecule has 0 bridgehead atoms. The Morgan fingerprint density at radius 2 is 1.68 bits per heavy atom. The zero-order chi connectivity index (χ0) is 21.8. The Bertz CT molecular complexity index is 994. The summed E-state index contributed by atoms with van der Waals surface area (Å²) in [7, 11) is 1.77. The van der Waals surface area contributed by atoms with Crippen LogP contribution in [0.5, 0.6) is 0 Å². The van der Waals surface area contributed by atoms with Gasteiger partial charge in [0.2, 0.25) is 0 Å². The van der Waals surface area contributed by atoms with Crippen molar-refractivity contribution in [1.29, 1.82) is 0 Å². The topological polar surface area (TPSA) is 15.7 Å². The SMILES string of the molecule is COC[C@H]1CN(c2ccc(C)cc2Cl)[C@@H](c2ccc(Cl)cc2)CN1Cc1ccccc1. The number of anilines is 1. The summed E-state index contributed by atoms with van der Waals surface area (Å²) in [6.45, 7) is 5.32. The molecular weight excluding hydrogens is 427 g/mol. The van der Waals surface area contributed by atoms with Gasteiger partial charge in [-0.05, 0) is 47.9 Å². The van der Waals surface area contributed by atoms with Crippen molar-refractivity contribution in [2.24, 2.45) is 0 Å². The van der Waals surface area contributed by atoms with Crippen LogP contribution in [0.25, 0.3) is 0 Å². The molecule has 0 spiro atoms. The minimum Gasteiger partial charge on any atom is -0.383 e. The van der Waals surface area contributed by atoms with Crippen molar-refractivity contribution in [3.63, 3.8) is 0 Å². The van der Waals surface area contributed by atoms with Gasteiger partial charge in [-0.25, -0.2) is 0 Å². The number of aryl methyl sites for hydroxylation is 1. The van der Waals surface area contributed by atoms with Gasteiger partial charge in [-0.1, -0.05) is 71.7 Å². The fourth-order valence-electron chi connectivity index (χ4n) is 4.38. The number of nitrogens with zero attached hydrogens (tertiary/aromatic N) is 2. The Hall–Kier alpha value is -2.04. The van der Waals surface area contributed by atoms with E-state index in [1.807, 2.05) is 18.2 Å². The lowest BCUT2D eigenvalue weighted by atomic mass is 9.97. The molecule has 3 aromatic carbocycles. The third-order valence-electron chi connectivity index (χ3n) is 5.96. The first-order valence-corrected chi connectivity index (χ1v) is 11.4. The Kier molecular flexibility index (Phi) is 7.19. The van der Waals surface area contributed by atoms with E-state index in [0.717, 1.165) is 40.9 Å². The molecule has 0 unspecified atom stereocenters. The molecular formula is C26H28Cl2N2O. The average Bonchev–Trinajstić information content (AvgIpc) is 2.76. The first-order valence-electron chi connectivity index (χ1n) is 10.6. The molecule has 1 aliphatic rings. The molecule has 2 atom stereocenters. The predicted molar refractivity (Wildman–Crippen MR) is 130 cm³/mol. The maximum atomic E-state index is 6.72. The molecule has 0 saturated carbocycles. The summed E-state index contributed by atoms with van der Waals surface area (Å²) in [5, 5.41) is 1.53. The number of piperazine rings is 1. The third-order valence-corrected chi connectivity index (χ3v) is 6.52. The van der Waals surface area contributed by atoms with Crippen LogP contribution in [0.3, 0.4) is 0 Å². The summed E-state index contributed by atoms with van der Waals surface area (Å²) in [5.74, 6) is 0. The van der Waals surface area contributed by atoms with Crippen LogP contribution >= 0.6 is 23.2 Å². The molecule has 5 heteroatoms. The smallest absolute Gasteiger partial charge is 0.0671 e. The van der Waals surface area contributed by atoms with Crippen molar-refractivity contribution < 1.29 is 4.74 Å². The lowest BCUT2D eigenvalue weighted by Gasteiger charge is -2.48. The molecule has 0 N–H and O–H groups in total. The highest BCUT2D eigenvalue weighted by Gasteiger charge is 2.35. The Labute approximate surface area is 195 Å². The molecule has 4 rings (SSSR count). The van der Waals surface area contributed by atoms with Gasteiger partial charge in [0, 0.05) is 31.8 Å². The van der Waals surface area contributed by atoms with E-state index in [1.54, 1.807) is 7.11 Å². The lowest BCUT2D eigenvalue weighted by molar-refractivity contribution is 0.0644. The van der Waals surface area contributed by atoms with E-state index in [9.17, 15) is 0 Å². The molecule has 1 saturated heterocycles. The molecule has 0 aliphatic carbocycles. The second-order valence-corrected chi connectivity index (χ2v) is 9.04. The molecule has 1 heterocycles. The van der Waals surface area contributed by atoms with Crippen molar-refractivity contribution in [1.82, 2.24) is 4.90 Å². The quantitative estimate of drug-likeness (QED) is 0.429. The van der Waals surface area contributed by atoms with E-state index in [-0.39, 0.29) is 12.1 Å². The van der Waals surface area contributed by atoms with E-state index < -0.39 is 0 Å². The molecule has 1 aliphatic heterocycles. The van der Waals surface area contributed by atoms with E-state index in [1.165, 1.54) is 11.1 Å². The van der Waals surface area contributed by atoms with Crippen molar-refractivity contribution in [3.8, 4) is 0 Å². The molecule has 1 fully saturated rings. The molecule has 31 heavy (non-hydrogen) atoms. The Morgan fingerprint density at radius 1 is 0.935 bits per heavy atom. The predicted octanol–water partition coefficient (Wildman–Crippen LogP) is 6.38. The van der Waals surface area contributed by atoms with Crippen molar-refractivity contribution >= 4 is 28.9 Å². The van der Waals surface area contributed by atoms with Gasteiger partial charge in [0.05, 0.1) is 29.4 Å². The highest BCUT2D eigenvalue weighted by Crippen LogP contribution is 2.37. The number of methoxy groups -OCH3 is 1. The van der Waals surface area contributed by atoms with Crippen LogP contribution in [0.4, 0.5) is 5.69 Å². The first kappa shape index (κ1) is 22.2. The van der Waals surface area contributed by atoms with E-state index in [0.29, 0.717) is 6.61 Å². The molecule has 0 radical (unpaired) electrons. The maximum absolute atomic E-state index is 6.72. The Balaban J connectivity index is 1.71. The minimum absolute atomic E-state index is 0.161. The van der Waals surface area contributed by atoms with Crippen LogP contribution in [0.2, 0.25) is 10.0 Å². The van der Waals surface area contributed by atoms with Crippen molar-refractivity contribution in [2.75, 3.05) is 31.7 Å². The zero-order valence-corrected chi connectivity index (χ0v) is 19.5. The van der Waals surface area contributed by atoms with Gasteiger partial charge in [-0.3, -0.25) is 4.90 Å². The molecule has 3 aromatic rings. The monoisotopic (exact) mass is 454 g/mol. The third kappa shape index (κ3) is 5.24. The number of benzene rings is 3. The summed E-state index contributed by atoms with van der Waals surface area (Å²) in [4.78, 5) is 4.95. The van der Waals surface area contributed by atoms with Crippen LogP contribution in [0, 0.1) is 6.92 Å². The van der Waals surface area contributed by atoms with Gasteiger partial charge >= 0.3 is 0 Å². The van der Waals surface area contributed by atoms with Crippen molar-refractivity contribution in [3.05, 3.63) is 99.5 Å². The van der Waals surface area contributed by atoms with Gasteiger partial charge in [0.15, 0.2) is 0 Å². The summed E-state index contributed by atoms with van der Waals surface area (Å²) >= 11 is 12.9. The van der Waals surface area contributed by atoms with Crippen LogP contribution in [-0.2, 0) is 11.3 Å². The van der Waals surface area contributed by atoms with E-state index in [2.05, 4.69) is 71.3 Å². The molecule has 3 nitrogen and oxygen atoms in total. The molecule has 0 aromatic heterocycles. The number of rotatable bonds is 6. The minimum atomic E-state index is 0.161. The summed E-state index contributed by atoms with van der Waals surface area (Å²) in [6, 6.07) is 25.5. The fourth-order valence-corrected chi connectivity index (χ4v) is 4.85. The average molecular weight is 455 g/mol. The van der Waals surface area contributed by atoms with Crippen LogP contribution in [0.15, 0.2) is 72.8 Å². The number of hydrogen-bond acceptors (Lipinski definition) is 3. The van der Waals surface area contributed by atoms with Gasteiger partial charge in [-0.2, -0.15) is 0 Å². The second-order valence-electron chi connectivity index (χ2n) is 8.20. The summed E-state index contributed by atoms with van der Waals surface area (Å²) in [5.41, 5.74) is 4.76. The number of ether oxygens (including phenoxy) is 1. The van der Waals surface area contributed by atoms with E-state index >= 15 is 0 Å². The molecule has 162 valence electrons. The van der Waals surface area contributed by atoms with Gasteiger partial charge in [0.1, 0.15) is 0 Å². The van der Waals surface area contributed by atoms with Gasteiger partial charge in [-0.15, -0.1) is 0 Å². The summed E-state index contributed by atoms with van der Waals surface area (Å²) < 4.78 is 5.62. The lowest BCUT2D eigenvalue weighted by Crippen LogP contribution is -2.56. The largest absolute Gasteiger partial charge is 0.383 e. The Morgan fingerprint density at radius 3 is 2.35 bits per heavy atom. The number of hydrogen-bond donors (Lipinski definition) is 0. The second kappa shape index (κ2) is 10.1. The van der Waals surface area contributed by atoms with E-state index in [4.69, 9.17) is 27.9 Å². The van der Waals surface area contributed by atoms with Gasteiger partial charge in [0.25, 0.3) is 0 Å². The van der Waals surface area contributed by atoms with Crippen LogP contribution < -0.4 is 4.90 Å². The van der Waals surface area contributed by atoms with Crippen LogP contribution in [-0.4, -0.2) is 37.7 Å². The zero-order valence-electron chi connectivity index (χ0n) is 18.0. The number of halogens is 2. The van der Waals surface area contributed by atoms with Crippen molar-refractivity contribution in [2.45, 2.75) is 25.6 Å². The van der Waals surface area contributed by atoms with Crippen LogP contribution in [0.1, 0.15) is 22.7 Å². The fraction of sp³-hybridized carbons (Fsp3) is 0.308. The first-order chi connectivity index (χ1) is 15.0. The van der Waals surface area contributed by atoms with Gasteiger partial charge < -0.3 is 9.64 Å².